The van der Waals surface area contributed by atoms with E-state index in [-0.39, 0.29) is 17.0 Å². The molecule has 0 bridgehead atoms. The van der Waals surface area contributed by atoms with Crippen molar-refractivity contribution in [1.82, 2.24) is 19.5 Å². The number of anilines is 1. The number of phosphoric ester groups is 1. The SMILES string of the molecule is Nc1ncnc2c1ncn2C1OC(O)(OP(=O)(O)O)C(O)C1O. The van der Waals surface area contributed by atoms with E-state index in [9.17, 15) is 19.9 Å². The first-order chi connectivity index (χ1) is 10.6. The highest BCUT2D eigenvalue weighted by atomic mass is 31.2. The van der Waals surface area contributed by atoms with Crippen LogP contribution in [0.1, 0.15) is 6.23 Å². The predicted octanol–water partition coefficient (Wildman–Crippen LogP) is -2.59. The fourth-order valence-corrected chi connectivity index (χ4v) is 2.70. The molecule has 1 saturated heterocycles. The van der Waals surface area contributed by atoms with Crippen LogP contribution in [0.2, 0.25) is 0 Å². The number of nitrogens with two attached hydrogens (primary N) is 1. The molecule has 13 nitrogen and oxygen atoms in total. The van der Waals surface area contributed by atoms with Crippen molar-refractivity contribution in [1.29, 1.82) is 0 Å². The summed E-state index contributed by atoms with van der Waals surface area (Å²) in [5.74, 6) is -3.08. The van der Waals surface area contributed by atoms with Crippen molar-refractivity contribution in [3.05, 3.63) is 12.7 Å². The number of ether oxygens (including phenoxy) is 1. The van der Waals surface area contributed by atoms with Crippen LogP contribution in [-0.4, -0.2) is 62.8 Å². The molecule has 1 aliphatic heterocycles. The minimum Gasteiger partial charge on any atom is -0.385 e. The van der Waals surface area contributed by atoms with Gasteiger partial charge in [-0.25, -0.2) is 24.0 Å². The molecule has 14 heteroatoms. The topological polar surface area (TPSA) is 206 Å². The molecular weight excluding hydrogens is 337 g/mol. The lowest BCUT2D eigenvalue weighted by Crippen LogP contribution is -2.44. The van der Waals surface area contributed by atoms with Crippen molar-refractivity contribution in [2.45, 2.75) is 24.4 Å². The highest BCUT2D eigenvalue weighted by Crippen LogP contribution is 2.47. The van der Waals surface area contributed by atoms with Crippen LogP contribution in [0.25, 0.3) is 11.2 Å². The summed E-state index contributed by atoms with van der Waals surface area (Å²) in [7, 11) is -5.22. The van der Waals surface area contributed by atoms with E-state index in [2.05, 4.69) is 19.5 Å². The molecule has 3 heterocycles. The lowest BCUT2D eigenvalue weighted by Gasteiger charge is -2.25. The second-order valence-electron chi connectivity index (χ2n) is 4.74. The molecule has 2 aromatic rings. The van der Waals surface area contributed by atoms with E-state index >= 15 is 0 Å². The van der Waals surface area contributed by atoms with Gasteiger partial charge in [0.25, 0.3) is 0 Å². The minimum atomic E-state index is -5.22. The number of hydrogen-bond donors (Lipinski definition) is 6. The Kier molecular flexibility index (Phi) is 3.62. The van der Waals surface area contributed by atoms with Gasteiger partial charge < -0.3 is 30.8 Å². The molecular formula is C9H12N5O8P. The number of aliphatic hydroxyl groups is 3. The molecule has 0 aliphatic carbocycles. The Morgan fingerprint density at radius 3 is 2.70 bits per heavy atom. The van der Waals surface area contributed by atoms with Gasteiger partial charge in [-0.1, -0.05) is 0 Å². The number of nitrogens with zero attached hydrogens (tertiary/aromatic N) is 4. The number of nitrogen functional groups attached to an aromatic ring is 1. The maximum Gasteiger partial charge on any atom is 0.474 e. The molecule has 2 aromatic heterocycles. The van der Waals surface area contributed by atoms with Crippen molar-refractivity contribution < 1.29 is 38.9 Å². The number of imidazole rings is 1. The van der Waals surface area contributed by atoms with Gasteiger partial charge in [-0.2, -0.15) is 0 Å². The third-order valence-corrected chi connectivity index (χ3v) is 3.69. The summed E-state index contributed by atoms with van der Waals surface area (Å²) < 4.78 is 20.9. The van der Waals surface area contributed by atoms with Crippen LogP contribution in [0.15, 0.2) is 12.7 Å². The van der Waals surface area contributed by atoms with Crippen molar-refractivity contribution in [2.75, 3.05) is 5.73 Å². The molecule has 4 unspecified atom stereocenters. The van der Waals surface area contributed by atoms with Crippen molar-refractivity contribution in [3.63, 3.8) is 0 Å². The van der Waals surface area contributed by atoms with Crippen LogP contribution in [0, 0.1) is 0 Å². The second-order valence-corrected chi connectivity index (χ2v) is 5.90. The van der Waals surface area contributed by atoms with Gasteiger partial charge in [0, 0.05) is 0 Å². The van der Waals surface area contributed by atoms with Crippen LogP contribution >= 0.6 is 7.82 Å². The number of phosphoric acid groups is 1. The van der Waals surface area contributed by atoms with Gasteiger partial charge in [-0.3, -0.25) is 9.30 Å². The monoisotopic (exact) mass is 349 g/mol. The smallest absolute Gasteiger partial charge is 0.385 e. The molecule has 7 N–H and O–H groups in total. The number of fused-ring (bicyclic) bond motifs is 1. The molecule has 0 aromatic carbocycles. The second kappa shape index (κ2) is 5.15. The van der Waals surface area contributed by atoms with Gasteiger partial charge in [0.1, 0.15) is 17.9 Å². The summed E-state index contributed by atoms with van der Waals surface area (Å²) in [6.45, 7) is 0. The summed E-state index contributed by atoms with van der Waals surface area (Å²) >= 11 is 0. The van der Waals surface area contributed by atoms with Gasteiger partial charge in [-0.15, -0.1) is 0 Å². The Morgan fingerprint density at radius 1 is 1.35 bits per heavy atom. The Labute approximate surface area is 127 Å². The number of aromatic nitrogens is 4. The Bertz CT molecular complexity index is 793. The van der Waals surface area contributed by atoms with Gasteiger partial charge in [0.15, 0.2) is 23.8 Å². The molecule has 0 saturated carbocycles. The highest BCUT2D eigenvalue weighted by Gasteiger charge is 2.58. The van der Waals surface area contributed by atoms with Crippen molar-refractivity contribution in [3.8, 4) is 0 Å². The zero-order valence-electron chi connectivity index (χ0n) is 11.2. The normalized spacial score (nSPS) is 31.8. The van der Waals surface area contributed by atoms with Gasteiger partial charge in [-0.05, 0) is 0 Å². The third-order valence-electron chi connectivity index (χ3n) is 3.19. The molecule has 3 rings (SSSR count). The van der Waals surface area contributed by atoms with Crippen molar-refractivity contribution in [2.24, 2.45) is 0 Å². The molecule has 126 valence electrons. The first kappa shape index (κ1) is 16.2. The minimum absolute atomic E-state index is 0.0449. The lowest BCUT2D eigenvalue weighted by atomic mass is 10.2. The molecule has 0 spiro atoms. The van der Waals surface area contributed by atoms with E-state index in [0.717, 1.165) is 17.2 Å². The Balaban J connectivity index is 2.00. The van der Waals surface area contributed by atoms with Gasteiger partial charge >= 0.3 is 13.8 Å². The fraction of sp³-hybridized carbons (Fsp3) is 0.444. The van der Waals surface area contributed by atoms with Crippen molar-refractivity contribution >= 4 is 24.8 Å². The van der Waals surface area contributed by atoms with Gasteiger partial charge in [0.05, 0.1) is 6.33 Å². The number of hydrogen-bond acceptors (Lipinski definition) is 10. The van der Waals surface area contributed by atoms with E-state index in [4.69, 9.17) is 20.3 Å². The standard InChI is InChI=1S/C9H12N5O8P/c10-6-3-7(12-1-11-6)14(2-13-3)8-4(15)5(16)9(17,21-8)22-23(18,19)20/h1-2,4-5,8,15-17H,(H2,10,11,12)(H2,18,19,20). The zero-order chi connectivity index (χ0) is 17.0. The summed E-state index contributed by atoms with van der Waals surface area (Å²) in [6.07, 6.45) is -3.22. The van der Waals surface area contributed by atoms with Crippen LogP contribution in [0.5, 0.6) is 0 Å². The van der Waals surface area contributed by atoms with Gasteiger partial charge in [0.2, 0.25) is 0 Å². The third kappa shape index (κ3) is 2.69. The summed E-state index contributed by atoms with van der Waals surface area (Å²) in [4.78, 5) is 29.1. The number of aliphatic hydroxyl groups excluding tert-OH is 2. The first-order valence-corrected chi connectivity index (χ1v) is 7.61. The van der Waals surface area contributed by atoms with Crippen LogP contribution in [0.3, 0.4) is 0 Å². The van der Waals surface area contributed by atoms with E-state index in [0.29, 0.717) is 0 Å². The molecule has 23 heavy (non-hydrogen) atoms. The molecule has 0 amide bonds. The summed E-state index contributed by atoms with van der Waals surface area (Å²) in [5.41, 5.74) is 5.89. The fourth-order valence-electron chi connectivity index (χ4n) is 2.21. The summed E-state index contributed by atoms with van der Waals surface area (Å²) in [5, 5.41) is 29.7. The van der Waals surface area contributed by atoms with E-state index in [1.807, 2.05) is 0 Å². The molecule has 1 aliphatic rings. The molecule has 0 radical (unpaired) electrons. The maximum absolute atomic E-state index is 10.9. The zero-order valence-corrected chi connectivity index (χ0v) is 12.1. The Hall–Kier alpha value is -1.70. The maximum atomic E-state index is 10.9. The number of rotatable bonds is 3. The quantitative estimate of drug-likeness (QED) is 0.249. The largest absolute Gasteiger partial charge is 0.474 e. The van der Waals surface area contributed by atoms with Crippen LogP contribution < -0.4 is 5.73 Å². The average Bonchev–Trinajstić information content (AvgIpc) is 2.94. The predicted molar refractivity (Wildman–Crippen MR) is 69.9 cm³/mol. The average molecular weight is 349 g/mol. The first-order valence-electron chi connectivity index (χ1n) is 6.08. The van der Waals surface area contributed by atoms with E-state index in [1.165, 1.54) is 0 Å². The van der Waals surface area contributed by atoms with Crippen LogP contribution in [0.4, 0.5) is 5.82 Å². The van der Waals surface area contributed by atoms with E-state index < -0.39 is 32.2 Å². The lowest BCUT2D eigenvalue weighted by molar-refractivity contribution is -0.348. The van der Waals surface area contributed by atoms with E-state index in [1.54, 1.807) is 0 Å². The highest BCUT2D eigenvalue weighted by molar-refractivity contribution is 7.46. The molecule has 4 atom stereocenters. The molecule has 1 fully saturated rings. The Morgan fingerprint density at radius 2 is 2.04 bits per heavy atom. The van der Waals surface area contributed by atoms with Crippen LogP contribution in [-0.2, 0) is 13.8 Å². The summed E-state index contributed by atoms with van der Waals surface area (Å²) in [6, 6.07) is 0.